The van der Waals surface area contributed by atoms with Crippen molar-refractivity contribution < 1.29 is 14.6 Å². The molecule has 1 aliphatic heterocycles. The number of imidazole rings is 1. The van der Waals surface area contributed by atoms with Gasteiger partial charge < -0.3 is 9.84 Å². The number of nitrogens with zero attached hydrogens (tertiary/aromatic N) is 3. The number of hydrogen-bond donors (Lipinski definition) is 4. The minimum Gasteiger partial charge on any atom is -0.394 e. The van der Waals surface area contributed by atoms with Crippen LogP contribution in [0.4, 0.5) is 5.95 Å². The van der Waals surface area contributed by atoms with Crippen LogP contribution in [0.1, 0.15) is 43.2 Å². The van der Waals surface area contributed by atoms with Crippen molar-refractivity contribution in [3.8, 4) is 0 Å². The summed E-state index contributed by atoms with van der Waals surface area (Å²) in [5.74, 6) is -0.518. The topological polar surface area (TPSA) is 134 Å². The van der Waals surface area contributed by atoms with E-state index >= 15 is 0 Å². The predicted octanol–water partition coefficient (Wildman–Crippen LogP) is 3.94. The maximum Gasteiger partial charge on any atom is 0.280 e. The number of carbonyl (C=O) groups excluding carboxylic acids is 1. The highest BCUT2D eigenvalue weighted by Crippen LogP contribution is 2.40. The Bertz CT molecular complexity index is 1660. The summed E-state index contributed by atoms with van der Waals surface area (Å²) in [5, 5.41) is 17.1. The molecule has 1 amide bonds. The molecule has 2 aromatic heterocycles. The molecular weight excluding hydrogens is 544 g/mol. The minimum absolute atomic E-state index is 0.0422. The zero-order valence-electron chi connectivity index (χ0n) is 24.0. The van der Waals surface area contributed by atoms with Crippen LogP contribution in [0.5, 0.6) is 0 Å². The fourth-order valence-electron chi connectivity index (χ4n) is 5.77. The summed E-state index contributed by atoms with van der Waals surface area (Å²) in [4.78, 5) is 36.5. The number of amides is 1. The highest BCUT2D eigenvalue weighted by Gasteiger charge is 2.44. The number of anilines is 1. The molecule has 1 saturated heterocycles. The van der Waals surface area contributed by atoms with E-state index in [9.17, 15) is 14.7 Å². The van der Waals surface area contributed by atoms with Gasteiger partial charge in [0.1, 0.15) is 6.23 Å². The highest BCUT2D eigenvalue weighted by atomic mass is 16.5. The molecule has 0 spiro atoms. The number of H-pyrrole nitrogens is 1. The van der Waals surface area contributed by atoms with Crippen molar-refractivity contribution in [2.24, 2.45) is 5.92 Å². The van der Waals surface area contributed by atoms with Gasteiger partial charge in [0.05, 0.1) is 24.6 Å². The number of carbonyl (C=O) groups is 1. The van der Waals surface area contributed by atoms with Crippen molar-refractivity contribution in [3.05, 3.63) is 124 Å². The Kier molecular flexibility index (Phi) is 7.90. The molecular formula is C33H34N6O4. The SMILES string of the molecule is CC(C)C(=O)Nc1nc2c(ncn2[C@H]2CC(NC(c3ccccc3)(c3ccccc3)c3ccccc3)[C@@H](CO)O2)c(=O)[nH]1. The molecule has 0 radical (unpaired) electrons. The Morgan fingerprint density at radius 3 is 2.07 bits per heavy atom. The van der Waals surface area contributed by atoms with E-state index in [1.807, 2.05) is 54.6 Å². The lowest BCUT2D eigenvalue weighted by Gasteiger charge is -2.40. The van der Waals surface area contributed by atoms with Crippen molar-refractivity contribution in [2.75, 3.05) is 11.9 Å². The molecule has 1 aliphatic rings. The van der Waals surface area contributed by atoms with Gasteiger partial charge in [-0.1, -0.05) is 105 Å². The molecule has 4 N–H and O–H groups in total. The van der Waals surface area contributed by atoms with Crippen LogP contribution in [0.3, 0.4) is 0 Å². The third kappa shape index (κ3) is 5.36. The number of hydrogen-bond acceptors (Lipinski definition) is 7. The van der Waals surface area contributed by atoms with Crippen molar-refractivity contribution >= 4 is 23.0 Å². The Balaban J connectivity index is 1.41. The Labute approximate surface area is 248 Å². The van der Waals surface area contributed by atoms with Gasteiger partial charge in [-0.05, 0) is 16.7 Å². The summed E-state index contributed by atoms with van der Waals surface area (Å²) in [7, 11) is 0. The summed E-state index contributed by atoms with van der Waals surface area (Å²) in [5.41, 5.74) is 2.31. The first-order valence-electron chi connectivity index (χ1n) is 14.4. The first-order chi connectivity index (χ1) is 20.9. The van der Waals surface area contributed by atoms with E-state index in [0.29, 0.717) is 6.42 Å². The van der Waals surface area contributed by atoms with Crippen LogP contribution in [0.15, 0.2) is 102 Å². The fraction of sp³-hybridized carbons (Fsp3) is 0.273. The maximum atomic E-state index is 12.8. The Morgan fingerprint density at radius 1 is 1.00 bits per heavy atom. The van der Waals surface area contributed by atoms with Crippen molar-refractivity contribution in [1.82, 2.24) is 24.8 Å². The number of nitrogens with one attached hydrogen (secondary N) is 3. The highest BCUT2D eigenvalue weighted by molar-refractivity contribution is 5.91. The summed E-state index contributed by atoms with van der Waals surface area (Å²) in [6.07, 6.45) is 0.816. The first kappa shape index (κ1) is 28.5. The fourth-order valence-corrected chi connectivity index (χ4v) is 5.77. The predicted molar refractivity (Wildman–Crippen MR) is 163 cm³/mol. The van der Waals surface area contributed by atoms with Crippen molar-refractivity contribution in [1.29, 1.82) is 0 Å². The number of ether oxygens (including phenoxy) is 1. The number of rotatable bonds is 9. The quantitative estimate of drug-likeness (QED) is 0.195. The van der Waals surface area contributed by atoms with Crippen LogP contribution >= 0.6 is 0 Å². The van der Waals surface area contributed by atoms with Crippen LogP contribution in [-0.2, 0) is 15.1 Å². The largest absolute Gasteiger partial charge is 0.394 e. The molecule has 10 nitrogen and oxygen atoms in total. The molecule has 1 fully saturated rings. The van der Waals surface area contributed by atoms with E-state index in [1.54, 1.807) is 18.4 Å². The standard InChI is InChI=1S/C33H34N6O4/c1-21(2)30(41)36-32-35-29-28(31(42)37-32)34-20-39(29)27-18-25(26(19-40)43-27)38-33(22-12-6-3-7-13-22,23-14-8-4-9-15-23)24-16-10-5-11-17-24/h3-17,20-21,25-27,38,40H,18-19H2,1-2H3,(H2,35,36,37,41,42)/t25?,26-,27-/m1/s1. The third-order valence-corrected chi connectivity index (χ3v) is 7.95. The number of aromatic nitrogens is 4. The molecule has 0 aliphatic carbocycles. The summed E-state index contributed by atoms with van der Waals surface area (Å²) >= 11 is 0. The monoisotopic (exact) mass is 578 g/mol. The van der Waals surface area contributed by atoms with Crippen molar-refractivity contribution in [2.45, 2.75) is 44.2 Å². The lowest BCUT2D eigenvalue weighted by Crippen LogP contribution is -2.53. The van der Waals surface area contributed by atoms with Gasteiger partial charge in [-0.3, -0.25) is 29.8 Å². The molecule has 5 aromatic rings. The number of benzene rings is 3. The minimum atomic E-state index is -0.763. The smallest absolute Gasteiger partial charge is 0.280 e. The zero-order chi connectivity index (χ0) is 30.0. The Morgan fingerprint density at radius 2 is 1.56 bits per heavy atom. The van der Waals surface area contributed by atoms with Gasteiger partial charge in [0.2, 0.25) is 11.9 Å². The van der Waals surface area contributed by atoms with E-state index in [0.717, 1.165) is 16.7 Å². The van der Waals surface area contributed by atoms with Crippen LogP contribution in [-0.4, -0.2) is 49.3 Å². The average molecular weight is 579 g/mol. The van der Waals surface area contributed by atoms with Crippen LogP contribution in [0.25, 0.3) is 11.2 Å². The first-order valence-corrected chi connectivity index (χ1v) is 14.4. The molecule has 10 heteroatoms. The normalized spacial score (nSPS) is 18.7. The lowest BCUT2D eigenvalue weighted by molar-refractivity contribution is -0.118. The van der Waals surface area contributed by atoms with Gasteiger partial charge in [0.15, 0.2) is 11.2 Å². The van der Waals surface area contributed by atoms with Crippen molar-refractivity contribution in [3.63, 3.8) is 0 Å². The van der Waals surface area contributed by atoms with Gasteiger partial charge in [0.25, 0.3) is 5.56 Å². The van der Waals surface area contributed by atoms with E-state index in [2.05, 4.69) is 62.0 Å². The van der Waals surface area contributed by atoms with Gasteiger partial charge in [-0.25, -0.2) is 4.98 Å². The van der Waals surface area contributed by atoms with Gasteiger partial charge in [-0.2, -0.15) is 4.98 Å². The van der Waals surface area contributed by atoms with Gasteiger partial charge in [0, 0.05) is 18.4 Å². The second-order valence-electron chi connectivity index (χ2n) is 11.0. The molecule has 43 heavy (non-hydrogen) atoms. The Hall–Kier alpha value is -4.64. The summed E-state index contributed by atoms with van der Waals surface area (Å²) in [6, 6.07) is 30.4. The zero-order valence-corrected chi connectivity index (χ0v) is 24.0. The molecule has 0 bridgehead atoms. The molecule has 220 valence electrons. The molecule has 0 saturated carbocycles. The van der Waals surface area contributed by atoms with Gasteiger partial charge in [-0.15, -0.1) is 0 Å². The average Bonchev–Trinajstić information content (AvgIpc) is 3.65. The molecule has 3 heterocycles. The summed E-state index contributed by atoms with van der Waals surface area (Å²) < 4.78 is 8.09. The number of aliphatic hydroxyl groups is 1. The van der Waals surface area contributed by atoms with Crippen LogP contribution in [0, 0.1) is 5.92 Å². The van der Waals surface area contributed by atoms with Gasteiger partial charge >= 0.3 is 0 Å². The lowest BCUT2D eigenvalue weighted by atomic mass is 9.76. The second kappa shape index (κ2) is 11.9. The summed E-state index contributed by atoms with van der Waals surface area (Å²) in [6.45, 7) is 3.29. The van der Waals surface area contributed by atoms with E-state index < -0.39 is 23.4 Å². The van der Waals surface area contributed by atoms with E-state index in [-0.39, 0.29) is 41.6 Å². The molecule has 6 rings (SSSR count). The maximum absolute atomic E-state index is 12.8. The molecule has 3 atom stereocenters. The van der Waals surface area contributed by atoms with Crippen LogP contribution in [0.2, 0.25) is 0 Å². The number of fused-ring (bicyclic) bond motifs is 1. The van der Waals surface area contributed by atoms with E-state index in [4.69, 9.17) is 4.74 Å². The molecule has 3 aromatic carbocycles. The van der Waals surface area contributed by atoms with E-state index in [1.165, 1.54) is 6.33 Å². The van der Waals surface area contributed by atoms with Crippen LogP contribution < -0.4 is 16.2 Å². The second-order valence-corrected chi connectivity index (χ2v) is 11.0. The number of aliphatic hydroxyl groups excluding tert-OH is 1. The third-order valence-electron chi connectivity index (χ3n) is 7.95. The number of aromatic amines is 1. The molecule has 1 unspecified atom stereocenters.